The van der Waals surface area contributed by atoms with Gasteiger partial charge in [-0.3, -0.25) is 4.79 Å². The first-order valence-electron chi connectivity index (χ1n) is 8.29. The molecule has 1 amide bonds. The zero-order chi connectivity index (χ0) is 18.1. The molecule has 6 nitrogen and oxygen atoms in total. The Bertz CT molecular complexity index is 1060. The molecule has 0 aliphatic heterocycles. The first-order chi connectivity index (χ1) is 12.6. The van der Waals surface area contributed by atoms with Crippen LogP contribution in [-0.4, -0.2) is 15.9 Å². The van der Waals surface area contributed by atoms with E-state index in [1.165, 1.54) is 0 Å². The number of H-pyrrole nitrogens is 1. The Morgan fingerprint density at radius 2 is 2.15 bits per heavy atom. The van der Waals surface area contributed by atoms with E-state index in [2.05, 4.69) is 15.3 Å². The van der Waals surface area contributed by atoms with Gasteiger partial charge in [-0.1, -0.05) is 6.07 Å². The van der Waals surface area contributed by atoms with Crippen molar-refractivity contribution in [1.29, 1.82) is 0 Å². The lowest BCUT2D eigenvalue weighted by atomic mass is 9.95. The van der Waals surface area contributed by atoms with Gasteiger partial charge in [0.2, 0.25) is 0 Å². The second kappa shape index (κ2) is 6.50. The number of nitrogens with two attached hydrogens (primary N) is 1. The summed E-state index contributed by atoms with van der Waals surface area (Å²) in [6, 6.07) is 10.9. The lowest BCUT2D eigenvalue weighted by molar-refractivity contribution is 0.102. The quantitative estimate of drug-likeness (QED) is 0.518. The highest BCUT2D eigenvalue weighted by Gasteiger charge is 2.15. The van der Waals surface area contributed by atoms with E-state index in [1.807, 2.05) is 31.2 Å². The van der Waals surface area contributed by atoms with E-state index in [-0.39, 0.29) is 11.9 Å². The summed E-state index contributed by atoms with van der Waals surface area (Å²) in [4.78, 5) is 20.0. The number of carbonyl (C=O) groups excluding carboxylic acids is 1. The van der Waals surface area contributed by atoms with Crippen LogP contribution in [0.3, 0.4) is 0 Å². The maximum Gasteiger partial charge on any atom is 0.255 e. The van der Waals surface area contributed by atoms with Crippen molar-refractivity contribution in [2.45, 2.75) is 13.0 Å². The molecule has 130 valence electrons. The standard InChI is InChI=1S/C20H18N4O2/c1-12(21)15-3-2-13(10-17(15)14-6-9-26-11-14)20(25)24-18-5-8-23-19-16(18)4-7-22-19/h2-12H,21H2,1H3,(H2,22,23,24,25). The molecule has 0 saturated carbocycles. The molecule has 1 unspecified atom stereocenters. The number of pyridine rings is 1. The van der Waals surface area contributed by atoms with Crippen LogP contribution in [0.4, 0.5) is 5.69 Å². The van der Waals surface area contributed by atoms with Crippen molar-refractivity contribution in [2.75, 3.05) is 5.32 Å². The first kappa shape index (κ1) is 16.1. The molecule has 0 saturated heterocycles. The highest BCUT2D eigenvalue weighted by molar-refractivity contribution is 6.08. The van der Waals surface area contributed by atoms with Gasteiger partial charge in [0.25, 0.3) is 5.91 Å². The molecule has 4 N–H and O–H groups in total. The van der Waals surface area contributed by atoms with Gasteiger partial charge in [0.1, 0.15) is 5.65 Å². The lowest BCUT2D eigenvalue weighted by Crippen LogP contribution is -2.14. The minimum absolute atomic E-state index is 0.156. The molecule has 0 bridgehead atoms. The van der Waals surface area contributed by atoms with E-state index < -0.39 is 0 Å². The number of fused-ring (bicyclic) bond motifs is 1. The summed E-state index contributed by atoms with van der Waals surface area (Å²) in [7, 11) is 0. The highest BCUT2D eigenvalue weighted by Crippen LogP contribution is 2.29. The number of aromatic amines is 1. The number of anilines is 1. The molecule has 6 heteroatoms. The van der Waals surface area contributed by atoms with Crippen molar-refractivity contribution in [3.8, 4) is 11.1 Å². The molecule has 0 aliphatic rings. The smallest absolute Gasteiger partial charge is 0.255 e. The highest BCUT2D eigenvalue weighted by atomic mass is 16.3. The number of benzene rings is 1. The Kier molecular flexibility index (Phi) is 4.02. The van der Waals surface area contributed by atoms with Gasteiger partial charge in [-0.25, -0.2) is 4.98 Å². The summed E-state index contributed by atoms with van der Waals surface area (Å²) in [6.07, 6.45) is 6.70. The van der Waals surface area contributed by atoms with Gasteiger partial charge >= 0.3 is 0 Å². The molecule has 0 aliphatic carbocycles. The van der Waals surface area contributed by atoms with Crippen LogP contribution in [0.1, 0.15) is 28.9 Å². The average Bonchev–Trinajstić information content (AvgIpc) is 3.33. The molecule has 1 aromatic carbocycles. The Morgan fingerprint density at radius 1 is 1.27 bits per heavy atom. The normalized spacial score (nSPS) is 12.2. The molecule has 4 aromatic rings. The van der Waals surface area contributed by atoms with Crippen molar-refractivity contribution >= 4 is 22.6 Å². The Balaban J connectivity index is 1.70. The third-order valence-electron chi connectivity index (χ3n) is 4.35. The van der Waals surface area contributed by atoms with Crippen molar-refractivity contribution in [2.24, 2.45) is 5.73 Å². The molecule has 3 heterocycles. The van der Waals surface area contributed by atoms with Gasteiger partial charge in [-0.05, 0) is 48.4 Å². The summed E-state index contributed by atoms with van der Waals surface area (Å²) < 4.78 is 5.19. The monoisotopic (exact) mass is 346 g/mol. The van der Waals surface area contributed by atoms with Crippen molar-refractivity contribution in [3.05, 3.63) is 72.4 Å². The first-order valence-corrected chi connectivity index (χ1v) is 8.29. The fourth-order valence-corrected chi connectivity index (χ4v) is 3.03. The molecule has 0 spiro atoms. The number of nitrogens with one attached hydrogen (secondary N) is 2. The zero-order valence-corrected chi connectivity index (χ0v) is 14.2. The van der Waals surface area contributed by atoms with E-state index in [0.717, 1.165) is 27.7 Å². The Labute approximate surface area is 150 Å². The molecule has 0 radical (unpaired) electrons. The van der Waals surface area contributed by atoms with Gasteiger partial charge < -0.3 is 20.5 Å². The second-order valence-corrected chi connectivity index (χ2v) is 6.16. The van der Waals surface area contributed by atoms with Gasteiger partial charge in [0, 0.05) is 34.9 Å². The molecular formula is C20H18N4O2. The van der Waals surface area contributed by atoms with Crippen LogP contribution >= 0.6 is 0 Å². The maximum atomic E-state index is 12.8. The predicted molar refractivity (Wildman–Crippen MR) is 101 cm³/mol. The molecular weight excluding hydrogens is 328 g/mol. The largest absolute Gasteiger partial charge is 0.472 e. The van der Waals surface area contributed by atoms with Crippen LogP contribution in [0, 0.1) is 0 Å². The number of rotatable bonds is 4. The number of carbonyl (C=O) groups is 1. The van der Waals surface area contributed by atoms with Crippen molar-refractivity contribution in [3.63, 3.8) is 0 Å². The maximum absolute atomic E-state index is 12.8. The minimum Gasteiger partial charge on any atom is -0.472 e. The minimum atomic E-state index is -0.195. The number of nitrogens with zero attached hydrogens (tertiary/aromatic N) is 1. The van der Waals surface area contributed by atoms with Crippen LogP contribution in [0.25, 0.3) is 22.2 Å². The number of aromatic nitrogens is 2. The van der Waals surface area contributed by atoms with E-state index in [1.54, 1.807) is 37.1 Å². The molecule has 3 aromatic heterocycles. The Morgan fingerprint density at radius 3 is 2.92 bits per heavy atom. The van der Waals surface area contributed by atoms with Crippen LogP contribution in [0.2, 0.25) is 0 Å². The molecule has 1 atom stereocenters. The summed E-state index contributed by atoms with van der Waals surface area (Å²) >= 11 is 0. The molecule has 0 fully saturated rings. The van der Waals surface area contributed by atoms with E-state index in [0.29, 0.717) is 11.3 Å². The van der Waals surface area contributed by atoms with E-state index >= 15 is 0 Å². The topological polar surface area (TPSA) is 96.9 Å². The van der Waals surface area contributed by atoms with Gasteiger partial charge in [0.05, 0.1) is 18.2 Å². The zero-order valence-electron chi connectivity index (χ0n) is 14.2. The van der Waals surface area contributed by atoms with Crippen molar-refractivity contribution < 1.29 is 9.21 Å². The lowest BCUT2D eigenvalue weighted by Gasteiger charge is -2.14. The average molecular weight is 346 g/mol. The van der Waals surface area contributed by atoms with Crippen LogP contribution in [-0.2, 0) is 0 Å². The molecule has 4 rings (SSSR count). The fourth-order valence-electron chi connectivity index (χ4n) is 3.03. The third-order valence-corrected chi connectivity index (χ3v) is 4.35. The number of hydrogen-bond donors (Lipinski definition) is 3. The van der Waals surface area contributed by atoms with Crippen molar-refractivity contribution in [1.82, 2.24) is 9.97 Å². The van der Waals surface area contributed by atoms with Gasteiger partial charge in [-0.2, -0.15) is 0 Å². The predicted octanol–water partition coefficient (Wildman–Crippen LogP) is 4.09. The number of furan rings is 1. The fraction of sp³-hybridized carbons (Fsp3) is 0.100. The number of amides is 1. The second-order valence-electron chi connectivity index (χ2n) is 6.16. The van der Waals surface area contributed by atoms with E-state index in [4.69, 9.17) is 10.2 Å². The van der Waals surface area contributed by atoms with Crippen LogP contribution in [0.15, 0.2) is 65.7 Å². The van der Waals surface area contributed by atoms with Gasteiger partial charge in [0.15, 0.2) is 0 Å². The number of hydrogen-bond acceptors (Lipinski definition) is 4. The van der Waals surface area contributed by atoms with E-state index in [9.17, 15) is 4.79 Å². The summed E-state index contributed by atoms with van der Waals surface area (Å²) in [5.41, 5.74) is 10.8. The van der Waals surface area contributed by atoms with Crippen LogP contribution in [0.5, 0.6) is 0 Å². The van der Waals surface area contributed by atoms with Crippen LogP contribution < -0.4 is 11.1 Å². The summed E-state index contributed by atoms with van der Waals surface area (Å²) in [5, 5.41) is 3.82. The summed E-state index contributed by atoms with van der Waals surface area (Å²) in [5.74, 6) is -0.195. The SMILES string of the molecule is CC(N)c1ccc(C(=O)Nc2ccnc3[nH]ccc23)cc1-c1ccoc1. The third kappa shape index (κ3) is 2.87. The van der Waals surface area contributed by atoms with Gasteiger partial charge in [-0.15, -0.1) is 0 Å². The Hall–Kier alpha value is -3.38. The molecule has 26 heavy (non-hydrogen) atoms. The summed E-state index contributed by atoms with van der Waals surface area (Å²) in [6.45, 7) is 1.91.